The average molecular weight is 465 g/mol. The smallest absolute Gasteiger partial charge is 0.264 e. The molecule has 0 bridgehead atoms. The Kier molecular flexibility index (Phi) is 7.57. The first-order valence-corrected chi connectivity index (χ1v) is 11.6. The Morgan fingerprint density at radius 3 is 2.00 bits per heavy atom. The van der Waals surface area contributed by atoms with Gasteiger partial charge in [0.15, 0.2) is 0 Å². The molecule has 0 spiro atoms. The number of rotatable bonds is 8. The number of nitrogens with zero attached hydrogens (tertiary/aromatic N) is 2. The van der Waals surface area contributed by atoms with Crippen molar-refractivity contribution in [1.29, 1.82) is 0 Å². The molecule has 0 heterocycles. The van der Waals surface area contributed by atoms with Crippen LogP contribution >= 0.6 is 0 Å². The highest BCUT2D eigenvalue weighted by Crippen LogP contribution is 2.23. The van der Waals surface area contributed by atoms with Crippen LogP contribution in [0.3, 0.4) is 0 Å². The van der Waals surface area contributed by atoms with Gasteiger partial charge >= 0.3 is 0 Å². The zero-order valence-electron chi connectivity index (χ0n) is 18.2. The summed E-state index contributed by atoms with van der Waals surface area (Å²) in [5.74, 6) is -0.763. The highest BCUT2D eigenvalue weighted by atomic mass is 32.2. The summed E-state index contributed by atoms with van der Waals surface area (Å²) in [4.78, 5) is 23.9. The van der Waals surface area contributed by atoms with Crippen molar-refractivity contribution in [3.63, 3.8) is 0 Å². The molecule has 0 aliphatic carbocycles. The summed E-state index contributed by atoms with van der Waals surface area (Å²) >= 11 is 0. The predicted molar refractivity (Wildman–Crippen MR) is 129 cm³/mol. The van der Waals surface area contributed by atoms with Crippen molar-refractivity contribution < 1.29 is 18.0 Å². The van der Waals surface area contributed by atoms with Gasteiger partial charge in [-0.3, -0.25) is 13.9 Å². The monoisotopic (exact) mass is 464 g/mol. The zero-order valence-corrected chi connectivity index (χ0v) is 19.0. The SMILES string of the molecule is CC(=O)Nc1ccc(/C(C)=N\NC(=O)CN(c2ccccc2)S(=O)(=O)c2ccccc2)cc1. The summed E-state index contributed by atoms with van der Waals surface area (Å²) in [6.45, 7) is 2.69. The molecule has 3 aromatic rings. The van der Waals surface area contributed by atoms with Crippen LogP contribution < -0.4 is 15.0 Å². The van der Waals surface area contributed by atoms with E-state index in [0.29, 0.717) is 17.1 Å². The van der Waals surface area contributed by atoms with Gasteiger partial charge < -0.3 is 5.32 Å². The third kappa shape index (κ3) is 6.27. The van der Waals surface area contributed by atoms with Gasteiger partial charge in [0.05, 0.1) is 16.3 Å². The number of hydrazone groups is 1. The van der Waals surface area contributed by atoms with E-state index in [1.54, 1.807) is 79.7 Å². The minimum Gasteiger partial charge on any atom is -0.326 e. The molecule has 8 nitrogen and oxygen atoms in total. The van der Waals surface area contributed by atoms with Crippen LogP contribution in [-0.2, 0) is 19.6 Å². The maximum atomic E-state index is 13.2. The Morgan fingerprint density at radius 1 is 0.848 bits per heavy atom. The van der Waals surface area contributed by atoms with Gasteiger partial charge in [-0.2, -0.15) is 5.10 Å². The van der Waals surface area contributed by atoms with Crippen LogP contribution in [0.4, 0.5) is 11.4 Å². The van der Waals surface area contributed by atoms with E-state index in [4.69, 9.17) is 0 Å². The molecule has 0 saturated carbocycles. The van der Waals surface area contributed by atoms with E-state index in [-0.39, 0.29) is 10.8 Å². The first kappa shape index (κ1) is 23.7. The maximum Gasteiger partial charge on any atom is 0.264 e. The van der Waals surface area contributed by atoms with Crippen molar-refractivity contribution in [2.45, 2.75) is 18.7 Å². The summed E-state index contributed by atoms with van der Waals surface area (Å²) < 4.78 is 27.5. The van der Waals surface area contributed by atoms with Crippen molar-refractivity contribution in [2.24, 2.45) is 5.10 Å². The van der Waals surface area contributed by atoms with Gasteiger partial charge in [-0.1, -0.05) is 48.5 Å². The summed E-state index contributed by atoms with van der Waals surface area (Å²) in [6.07, 6.45) is 0. The second-order valence-corrected chi connectivity index (χ2v) is 9.01. The van der Waals surface area contributed by atoms with Gasteiger partial charge in [-0.05, 0) is 48.9 Å². The largest absolute Gasteiger partial charge is 0.326 e. The minimum absolute atomic E-state index is 0.0839. The normalized spacial score (nSPS) is 11.5. The van der Waals surface area contributed by atoms with Gasteiger partial charge in [0, 0.05) is 12.6 Å². The second kappa shape index (κ2) is 10.6. The van der Waals surface area contributed by atoms with Gasteiger partial charge in [0.25, 0.3) is 15.9 Å². The van der Waals surface area contributed by atoms with Crippen LogP contribution in [0.5, 0.6) is 0 Å². The van der Waals surface area contributed by atoms with Crippen molar-refractivity contribution in [2.75, 3.05) is 16.2 Å². The lowest BCUT2D eigenvalue weighted by atomic mass is 10.1. The summed E-state index contributed by atoms with van der Waals surface area (Å²) in [5.41, 5.74) is 4.70. The number of nitrogens with one attached hydrogen (secondary N) is 2. The van der Waals surface area contributed by atoms with E-state index in [0.717, 1.165) is 9.87 Å². The molecular weight excluding hydrogens is 440 g/mol. The quantitative estimate of drug-likeness (QED) is 0.394. The Morgan fingerprint density at radius 2 is 1.42 bits per heavy atom. The minimum atomic E-state index is -3.97. The van der Waals surface area contributed by atoms with Crippen molar-refractivity contribution >= 4 is 38.9 Å². The average Bonchev–Trinajstić information content (AvgIpc) is 2.82. The van der Waals surface area contributed by atoms with Crippen molar-refractivity contribution in [1.82, 2.24) is 5.43 Å². The number of carbonyl (C=O) groups excluding carboxylic acids is 2. The van der Waals surface area contributed by atoms with Gasteiger partial charge in [-0.25, -0.2) is 13.8 Å². The highest BCUT2D eigenvalue weighted by molar-refractivity contribution is 7.92. The summed E-state index contributed by atoms with van der Waals surface area (Å²) in [5, 5.41) is 6.77. The summed E-state index contributed by atoms with van der Waals surface area (Å²) in [7, 11) is -3.97. The fourth-order valence-corrected chi connectivity index (χ4v) is 4.45. The number of hydrogen-bond donors (Lipinski definition) is 2. The Hall–Kier alpha value is -3.98. The third-order valence-electron chi connectivity index (χ3n) is 4.63. The molecule has 3 rings (SSSR count). The van der Waals surface area contributed by atoms with Crippen LogP contribution in [-0.4, -0.2) is 32.5 Å². The van der Waals surface area contributed by atoms with Crippen LogP contribution in [0.1, 0.15) is 19.4 Å². The number of anilines is 2. The number of hydrogen-bond acceptors (Lipinski definition) is 5. The van der Waals surface area contributed by atoms with Gasteiger partial charge in [0.2, 0.25) is 5.91 Å². The molecule has 0 saturated heterocycles. The second-order valence-electron chi connectivity index (χ2n) is 7.15. The molecule has 0 aromatic heterocycles. The van der Waals surface area contributed by atoms with E-state index < -0.39 is 22.5 Å². The van der Waals surface area contributed by atoms with Gasteiger partial charge in [-0.15, -0.1) is 0 Å². The molecule has 2 N–H and O–H groups in total. The molecule has 0 fully saturated rings. The number of sulfonamides is 1. The molecule has 0 unspecified atom stereocenters. The van der Waals surface area contributed by atoms with Crippen LogP contribution in [0.15, 0.2) is 94.9 Å². The Bertz CT molecular complexity index is 1240. The molecule has 3 aromatic carbocycles. The van der Waals surface area contributed by atoms with Crippen LogP contribution in [0.25, 0.3) is 0 Å². The predicted octanol–water partition coefficient (Wildman–Crippen LogP) is 3.38. The molecule has 33 heavy (non-hydrogen) atoms. The third-order valence-corrected chi connectivity index (χ3v) is 6.42. The zero-order chi connectivity index (χ0) is 23.8. The lowest BCUT2D eigenvalue weighted by molar-refractivity contribution is -0.119. The fraction of sp³-hybridized carbons (Fsp3) is 0.125. The van der Waals surface area contributed by atoms with E-state index in [1.807, 2.05) is 0 Å². The maximum absolute atomic E-state index is 13.2. The first-order chi connectivity index (χ1) is 15.8. The summed E-state index contributed by atoms with van der Waals surface area (Å²) in [6, 6.07) is 23.3. The number of para-hydroxylation sites is 1. The lowest BCUT2D eigenvalue weighted by Crippen LogP contribution is -2.39. The molecule has 0 radical (unpaired) electrons. The number of carbonyl (C=O) groups is 2. The van der Waals surface area contributed by atoms with Crippen molar-refractivity contribution in [3.05, 3.63) is 90.5 Å². The van der Waals surface area contributed by atoms with E-state index in [1.165, 1.54) is 19.1 Å². The molecular formula is C24H24N4O4S. The molecule has 2 amide bonds. The van der Waals surface area contributed by atoms with E-state index >= 15 is 0 Å². The Labute approximate surface area is 193 Å². The van der Waals surface area contributed by atoms with Crippen LogP contribution in [0.2, 0.25) is 0 Å². The fourth-order valence-electron chi connectivity index (χ4n) is 3.00. The van der Waals surface area contributed by atoms with E-state index in [2.05, 4.69) is 15.8 Å². The first-order valence-electron chi connectivity index (χ1n) is 10.1. The van der Waals surface area contributed by atoms with E-state index in [9.17, 15) is 18.0 Å². The number of amides is 2. The topological polar surface area (TPSA) is 108 Å². The van der Waals surface area contributed by atoms with Gasteiger partial charge in [0.1, 0.15) is 6.54 Å². The molecule has 9 heteroatoms. The van der Waals surface area contributed by atoms with Crippen LogP contribution in [0, 0.1) is 0 Å². The molecule has 0 atom stereocenters. The molecule has 0 aliphatic rings. The molecule has 170 valence electrons. The van der Waals surface area contributed by atoms with Crippen molar-refractivity contribution in [3.8, 4) is 0 Å². The number of benzene rings is 3. The lowest BCUT2D eigenvalue weighted by Gasteiger charge is -2.23. The molecule has 0 aliphatic heterocycles. The highest BCUT2D eigenvalue weighted by Gasteiger charge is 2.26. The standard InChI is InChI=1S/C24H24N4O4S/c1-18(20-13-15-21(16-14-20)25-19(2)29)26-27-24(30)17-28(22-9-5-3-6-10-22)33(31,32)23-11-7-4-8-12-23/h3-16H,17H2,1-2H3,(H,25,29)(H,27,30)/b26-18-. The Balaban J connectivity index is 1.77.